The van der Waals surface area contributed by atoms with Crippen LogP contribution < -0.4 is 10.6 Å². The summed E-state index contributed by atoms with van der Waals surface area (Å²) in [5.41, 5.74) is 0.986. The standard InChI is InChI=1S/C16H22N4OS/c1-12(13-6-4-8-17-10-13)19-16(21)18-11-14(20(2)3)15-7-5-9-22-15/h4-10,12,14H,11H2,1-3H3,(H2,18,19,21). The third kappa shape index (κ3) is 4.54. The Hall–Kier alpha value is -1.92. The quantitative estimate of drug-likeness (QED) is 0.861. The molecule has 0 radical (unpaired) electrons. The van der Waals surface area contributed by atoms with Gasteiger partial charge in [-0.05, 0) is 44.1 Å². The second-order valence-corrected chi connectivity index (χ2v) is 6.34. The van der Waals surface area contributed by atoms with E-state index in [9.17, 15) is 4.79 Å². The van der Waals surface area contributed by atoms with Gasteiger partial charge in [0.1, 0.15) is 0 Å². The van der Waals surface area contributed by atoms with E-state index in [0.29, 0.717) is 6.54 Å². The van der Waals surface area contributed by atoms with E-state index in [-0.39, 0.29) is 18.1 Å². The molecule has 6 heteroatoms. The molecule has 2 heterocycles. The average molecular weight is 318 g/mol. The molecule has 0 saturated carbocycles. The highest BCUT2D eigenvalue weighted by Gasteiger charge is 2.17. The van der Waals surface area contributed by atoms with E-state index in [1.165, 1.54) is 4.88 Å². The maximum atomic E-state index is 12.1. The van der Waals surface area contributed by atoms with E-state index >= 15 is 0 Å². The van der Waals surface area contributed by atoms with Crippen LogP contribution in [0.5, 0.6) is 0 Å². The fourth-order valence-electron chi connectivity index (χ4n) is 2.17. The molecule has 2 unspecified atom stereocenters. The summed E-state index contributed by atoms with van der Waals surface area (Å²) in [6.45, 7) is 2.51. The summed E-state index contributed by atoms with van der Waals surface area (Å²) in [5, 5.41) is 7.93. The Morgan fingerprint density at radius 2 is 2.18 bits per heavy atom. The molecule has 0 aliphatic rings. The molecule has 118 valence electrons. The summed E-state index contributed by atoms with van der Waals surface area (Å²) in [6.07, 6.45) is 3.48. The van der Waals surface area contributed by atoms with E-state index < -0.39 is 0 Å². The van der Waals surface area contributed by atoms with Crippen molar-refractivity contribution in [3.63, 3.8) is 0 Å². The number of carbonyl (C=O) groups is 1. The van der Waals surface area contributed by atoms with Crippen LogP contribution in [0.4, 0.5) is 4.79 Å². The second-order valence-electron chi connectivity index (χ2n) is 5.36. The Kier molecular flexibility index (Phi) is 5.91. The number of aromatic nitrogens is 1. The minimum Gasteiger partial charge on any atom is -0.336 e. The molecule has 0 aromatic carbocycles. The van der Waals surface area contributed by atoms with Crippen LogP contribution in [0.25, 0.3) is 0 Å². The molecule has 2 rings (SSSR count). The highest BCUT2D eigenvalue weighted by molar-refractivity contribution is 7.10. The highest BCUT2D eigenvalue weighted by Crippen LogP contribution is 2.22. The number of urea groups is 1. The van der Waals surface area contributed by atoms with Crippen molar-refractivity contribution in [3.8, 4) is 0 Å². The number of carbonyl (C=O) groups excluding carboxylic acids is 1. The first-order valence-electron chi connectivity index (χ1n) is 7.22. The number of pyridine rings is 1. The van der Waals surface area contributed by atoms with Crippen LogP contribution in [0.15, 0.2) is 42.0 Å². The van der Waals surface area contributed by atoms with Crippen LogP contribution in [-0.4, -0.2) is 36.6 Å². The number of hydrogen-bond acceptors (Lipinski definition) is 4. The fourth-order valence-corrected chi connectivity index (χ4v) is 3.09. The molecule has 2 atom stereocenters. The van der Waals surface area contributed by atoms with Crippen LogP contribution in [-0.2, 0) is 0 Å². The monoisotopic (exact) mass is 318 g/mol. The van der Waals surface area contributed by atoms with Crippen molar-refractivity contribution in [2.24, 2.45) is 0 Å². The molecule has 0 fully saturated rings. The van der Waals surface area contributed by atoms with Gasteiger partial charge in [0, 0.05) is 23.8 Å². The molecule has 2 amide bonds. The molecule has 22 heavy (non-hydrogen) atoms. The predicted molar refractivity (Wildman–Crippen MR) is 89.9 cm³/mol. The minimum atomic E-state index is -0.167. The summed E-state index contributed by atoms with van der Waals surface area (Å²) >= 11 is 1.70. The van der Waals surface area contributed by atoms with Crippen molar-refractivity contribution in [2.45, 2.75) is 19.0 Å². The minimum absolute atomic E-state index is 0.0757. The molecule has 0 spiro atoms. The van der Waals surface area contributed by atoms with Crippen LogP contribution >= 0.6 is 11.3 Å². The largest absolute Gasteiger partial charge is 0.336 e. The molecular formula is C16H22N4OS. The van der Waals surface area contributed by atoms with Crippen molar-refractivity contribution < 1.29 is 4.79 Å². The van der Waals surface area contributed by atoms with Gasteiger partial charge < -0.3 is 15.5 Å². The van der Waals surface area contributed by atoms with Crippen molar-refractivity contribution >= 4 is 17.4 Å². The lowest BCUT2D eigenvalue weighted by Crippen LogP contribution is -2.41. The number of hydrogen-bond donors (Lipinski definition) is 2. The van der Waals surface area contributed by atoms with Crippen LogP contribution in [0.3, 0.4) is 0 Å². The molecule has 0 saturated heterocycles. The van der Waals surface area contributed by atoms with Gasteiger partial charge in [-0.1, -0.05) is 12.1 Å². The van der Waals surface area contributed by atoms with Crippen LogP contribution in [0, 0.1) is 0 Å². The van der Waals surface area contributed by atoms with E-state index in [1.54, 1.807) is 23.7 Å². The van der Waals surface area contributed by atoms with Crippen molar-refractivity contribution in [1.29, 1.82) is 0 Å². The van der Waals surface area contributed by atoms with Crippen molar-refractivity contribution in [2.75, 3.05) is 20.6 Å². The van der Waals surface area contributed by atoms with Gasteiger partial charge in [-0.3, -0.25) is 4.98 Å². The van der Waals surface area contributed by atoms with Gasteiger partial charge >= 0.3 is 6.03 Å². The predicted octanol–water partition coefficient (Wildman–Crippen LogP) is 2.81. The molecule has 0 aliphatic carbocycles. The van der Waals surface area contributed by atoms with E-state index in [2.05, 4.69) is 32.0 Å². The van der Waals surface area contributed by atoms with Gasteiger partial charge in [0.05, 0.1) is 12.1 Å². The van der Waals surface area contributed by atoms with Crippen molar-refractivity contribution in [1.82, 2.24) is 20.5 Å². The number of likely N-dealkylation sites (N-methyl/N-ethyl adjacent to an activating group) is 1. The smallest absolute Gasteiger partial charge is 0.315 e. The summed E-state index contributed by atoms with van der Waals surface area (Å²) in [6, 6.07) is 7.87. The summed E-state index contributed by atoms with van der Waals surface area (Å²) in [5.74, 6) is 0. The lowest BCUT2D eigenvalue weighted by Gasteiger charge is -2.24. The van der Waals surface area contributed by atoms with E-state index in [0.717, 1.165) is 5.56 Å². The van der Waals surface area contributed by atoms with Gasteiger partial charge in [0.2, 0.25) is 0 Å². The maximum Gasteiger partial charge on any atom is 0.315 e. The molecule has 0 bridgehead atoms. The zero-order chi connectivity index (χ0) is 15.9. The number of rotatable bonds is 6. The topological polar surface area (TPSA) is 57.3 Å². The van der Waals surface area contributed by atoms with Gasteiger partial charge in [-0.2, -0.15) is 0 Å². The Bertz CT molecular complexity index is 571. The Morgan fingerprint density at radius 1 is 1.36 bits per heavy atom. The third-order valence-corrected chi connectivity index (χ3v) is 4.46. The molecule has 2 aromatic heterocycles. The first kappa shape index (κ1) is 16.5. The van der Waals surface area contributed by atoms with Crippen LogP contribution in [0.1, 0.15) is 29.4 Å². The fraction of sp³-hybridized carbons (Fsp3) is 0.375. The normalized spacial score (nSPS) is 13.6. The molecule has 0 aliphatic heterocycles. The second kappa shape index (κ2) is 7.91. The highest BCUT2D eigenvalue weighted by atomic mass is 32.1. The number of nitrogens with one attached hydrogen (secondary N) is 2. The maximum absolute atomic E-state index is 12.1. The zero-order valence-electron chi connectivity index (χ0n) is 13.1. The average Bonchev–Trinajstić information content (AvgIpc) is 3.02. The third-order valence-electron chi connectivity index (χ3n) is 3.48. The number of amides is 2. The lowest BCUT2D eigenvalue weighted by atomic mass is 10.1. The summed E-state index contributed by atoms with van der Waals surface area (Å²) in [4.78, 5) is 19.5. The van der Waals surface area contributed by atoms with Gasteiger partial charge in [0.25, 0.3) is 0 Å². The first-order chi connectivity index (χ1) is 10.6. The Morgan fingerprint density at radius 3 is 2.77 bits per heavy atom. The van der Waals surface area contributed by atoms with Gasteiger partial charge in [-0.15, -0.1) is 11.3 Å². The Balaban J connectivity index is 1.86. The molecule has 2 aromatic rings. The van der Waals surface area contributed by atoms with E-state index in [1.807, 2.05) is 39.2 Å². The zero-order valence-corrected chi connectivity index (χ0v) is 13.9. The molecule has 2 N–H and O–H groups in total. The number of thiophene rings is 1. The first-order valence-corrected chi connectivity index (χ1v) is 8.10. The molecule has 5 nitrogen and oxygen atoms in total. The Labute approximate surface area is 135 Å². The lowest BCUT2D eigenvalue weighted by molar-refractivity contribution is 0.230. The SMILES string of the molecule is CC(NC(=O)NCC(c1cccs1)N(C)C)c1cccnc1. The van der Waals surface area contributed by atoms with Gasteiger partial charge in [-0.25, -0.2) is 4.79 Å². The summed E-state index contributed by atoms with van der Waals surface area (Å²) in [7, 11) is 4.03. The number of nitrogens with zero attached hydrogens (tertiary/aromatic N) is 2. The van der Waals surface area contributed by atoms with E-state index in [4.69, 9.17) is 0 Å². The van der Waals surface area contributed by atoms with Gasteiger partial charge in [0.15, 0.2) is 0 Å². The van der Waals surface area contributed by atoms with Crippen molar-refractivity contribution in [3.05, 3.63) is 52.5 Å². The van der Waals surface area contributed by atoms with Crippen LogP contribution in [0.2, 0.25) is 0 Å². The summed E-state index contributed by atoms with van der Waals surface area (Å²) < 4.78 is 0. The molecular weight excluding hydrogens is 296 g/mol.